The number of nitrogens with one attached hydrogen (secondary N) is 1. The molecule has 2 heteroatoms. The highest BCUT2D eigenvalue weighted by atomic mass is 35.5. The van der Waals surface area contributed by atoms with Crippen molar-refractivity contribution in [2.45, 2.75) is 37.6 Å². The average molecular weight is 300 g/mol. The highest BCUT2D eigenvalue weighted by molar-refractivity contribution is 6.30. The van der Waals surface area contributed by atoms with E-state index in [0.29, 0.717) is 17.9 Å². The molecule has 2 aromatic carbocycles. The highest BCUT2D eigenvalue weighted by Gasteiger charge is 2.30. The van der Waals surface area contributed by atoms with Crippen molar-refractivity contribution in [2.75, 3.05) is 6.54 Å². The molecule has 110 valence electrons. The first-order valence-corrected chi connectivity index (χ1v) is 8.14. The first-order chi connectivity index (χ1) is 10.2. The molecular formula is C19H22ClN. The summed E-state index contributed by atoms with van der Waals surface area (Å²) in [5.74, 6) is 1.24. The fourth-order valence-electron chi connectivity index (χ4n) is 3.06. The van der Waals surface area contributed by atoms with E-state index < -0.39 is 0 Å². The Hall–Kier alpha value is -1.31. The molecule has 1 unspecified atom stereocenters. The van der Waals surface area contributed by atoms with Crippen molar-refractivity contribution >= 4 is 11.6 Å². The molecule has 3 rings (SSSR count). The first-order valence-electron chi connectivity index (χ1n) is 7.76. The van der Waals surface area contributed by atoms with Gasteiger partial charge in [0, 0.05) is 17.6 Å². The molecule has 0 radical (unpaired) electrons. The van der Waals surface area contributed by atoms with Gasteiger partial charge in [0.15, 0.2) is 0 Å². The Morgan fingerprint density at radius 2 is 1.86 bits per heavy atom. The monoisotopic (exact) mass is 299 g/mol. The smallest absolute Gasteiger partial charge is 0.0408 e. The van der Waals surface area contributed by atoms with Crippen molar-refractivity contribution in [2.24, 2.45) is 0 Å². The lowest BCUT2D eigenvalue weighted by Crippen LogP contribution is -2.41. The summed E-state index contributed by atoms with van der Waals surface area (Å²) in [6, 6.07) is 19.7. The van der Waals surface area contributed by atoms with Crippen molar-refractivity contribution in [3.05, 3.63) is 70.7 Å². The van der Waals surface area contributed by atoms with Crippen LogP contribution in [0.1, 0.15) is 42.7 Å². The molecule has 1 aliphatic carbocycles. The standard InChI is InChI=1S/C19H22ClN/c1-14(15-6-3-2-4-7-15)13-21-19-11-17(12-19)16-8-5-9-18(20)10-16/h2-10,14,17,19,21H,11-13H2,1H3. The Kier molecular flexibility index (Phi) is 4.62. The van der Waals surface area contributed by atoms with Crippen molar-refractivity contribution in [1.82, 2.24) is 5.32 Å². The number of hydrogen-bond donors (Lipinski definition) is 1. The molecule has 0 bridgehead atoms. The molecular weight excluding hydrogens is 278 g/mol. The van der Waals surface area contributed by atoms with Crippen LogP contribution in [0.2, 0.25) is 5.02 Å². The summed E-state index contributed by atoms with van der Waals surface area (Å²) in [4.78, 5) is 0. The minimum absolute atomic E-state index is 0.566. The largest absolute Gasteiger partial charge is 0.313 e. The molecule has 1 saturated carbocycles. The van der Waals surface area contributed by atoms with E-state index in [4.69, 9.17) is 11.6 Å². The molecule has 0 heterocycles. The van der Waals surface area contributed by atoms with Crippen LogP contribution in [0, 0.1) is 0 Å². The summed E-state index contributed by atoms with van der Waals surface area (Å²) in [6.07, 6.45) is 2.45. The van der Waals surface area contributed by atoms with Crippen LogP contribution in [0.4, 0.5) is 0 Å². The van der Waals surface area contributed by atoms with Gasteiger partial charge in [-0.05, 0) is 47.9 Å². The van der Waals surface area contributed by atoms with E-state index in [1.54, 1.807) is 0 Å². The minimum Gasteiger partial charge on any atom is -0.313 e. The minimum atomic E-state index is 0.566. The van der Waals surface area contributed by atoms with Crippen LogP contribution in [-0.4, -0.2) is 12.6 Å². The normalized spacial score (nSPS) is 22.6. The van der Waals surface area contributed by atoms with Crippen molar-refractivity contribution in [3.8, 4) is 0 Å². The van der Waals surface area contributed by atoms with Gasteiger partial charge in [0.05, 0.1) is 0 Å². The van der Waals surface area contributed by atoms with Gasteiger partial charge in [0.25, 0.3) is 0 Å². The van der Waals surface area contributed by atoms with Gasteiger partial charge >= 0.3 is 0 Å². The SMILES string of the molecule is CC(CNC1CC(c2cccc(Cl)c2)C1)c1ccccc1. The number of hydrogen-bond acceptors (Lipinski definition) is 1. The summed E-state index contributed by atoms with van der Waals surface area (Å²) >= 11 is 6.06. The average Bonchev–Trinajstić information content (AvgIpc) is 2.46. The third-order valence-electron chi connectivity index (χ3n) is 4.54. The molecule has 1 fully saturated rings. The van der Waals surface area contributed by atoms with E-state index in [2.05, 4.69) is 60.8 Å². The fraction of sp³-hybridized carbons (Fsp3) is 0.368. The maximum Gasteiger partial charge on any atom is 0.0408 e. The topological polar surface area (TPSA) is 12.0 Å². The zero-order chi connectivity index (χ0) is 14.7. The van der Waals surface area contributed by atoms with Gasteiger partial charge in [-0.3, -0.25) is 0 Å². The molecule has 21 heavy (non-hydrogen) atoms. The second-order valence-corrected chi connectivity index (χ2v) is 6.58. The summed E-state index contributed by atoms with van der Waals surface area (Å²) in [5, 5.41) is 4.55. The maximum atomic E-state index is 6.06. The third kappa shape index (κ3) is 3.66. The maximum absolute atomic E-state index is 6.06. The Labute approximate surface area is 132 Å². The van der Waals surface area contributed by atoms with Gasteiger partial charge in [0.1, 0.15) is 0 Å². The predicted octanol–water partition coefficient (Wildman–Crippen LogP) is 4.98. The lowest BCUT2D eigenvalue weighted by Gasteiger charge is -2.37. The zero-order valence-electron chi connectivity index (χ0n) is 12.4. The van der Waals surface area contributed by atoms with Gasteiger partial charge in [-0.25, -0.2) is 0 Å². The van der Waals surface area contributed by atoms with E-state index in [9.17, 15) is 0 Å². The molecule has 0 aliphatic heterocycles. The van der Waals surface area contributed by atoms with E-state index >= 15 is 0 Å². The molecule has 0 saturated heterocycles. The van der Waals surface area contributed by atoms with Crippen LogP contribution >= 0.6 is 11.6 Å². The lowest BCUT2D eigenvalue weighted by molar-refractivity contribution is 0.287. The predicted molar refractivity (Wildman–Crippen MR) is 90.1 cm³/mol. The first kappa shape index (κ1) is 14.6. The van der Waals surface area contributed by atoms with Crippen LogP contribution in [0.5, 0.6) is 0 Å². The van der Waals surface area contributed by atoms with E-state index in [1.807, 2.05) is 6.07 Å². The van der Waals surface area contributed by atoms with E-state index in [1.165, 1.54) is 24.0 Å². The van der Waals surface area contributed by atoms with Gasteiger partial charge in [-0.1, -0.05) is 61.0 Å². The number of benzene rings is 2. The fourth-order valence-corrected chi connectivity index (χ4v) is 3.26. The third-order valence-corrected chi connectivity index (χ3v) is 4.77. The van der Waals surface area contributed by atoms with Crippen LogP contribution in [-0.2, 0) is 0 Å². The molecule has 0 spiro atoms. The molecule has 1 N–H and O–H groups in total. The van der Waals surface area contributed by atoms with Crippen LogP contribution in [0.3, 0.4) is 0 Å². The summed E-state index contributed by atoms with van der Waals surface area (Å²) in [7, 11) is 0. The lowest BCUT2D eigenvalue weighted by atomic mass is 9.75. The Balaban J connectivity index is 1.45. The second-order valence-electron chi connectivity index (χ2n) is 6.14. The van der Waals surface area contributed by atoms with Crippen molar-refractivity contribution in [1.29, 1.82) is 0 Å². The van der Waals surface area contributed by atoms with Gasteiger partial charge < -0.3 is 5.32 Å². The molecule has 2 aromatic rings. The Morgan fingerprint density at radius 1 is 1.10 bits per heavy atom. The summed E-state index contributed by atoms with van der Waals surface area (Å²) in [6.45, 7) is 3.34. The molecule has 1 nitrogen and oxygen atoms in total. The highest BCUT2D eigenvalue weighted by Crippen LogP contribution is 2.37. The molecule has 0 amide bonds. The quantitative estimate of drug-likeness (QED) is 0.821. The number of halogens is 1. The molecule has 1 atom stereocenters. The number of rotatable bonds is 5. The van der Waals surface area contributed by atoms with Crippen molar-refractivity contribution < 1.29 is 0 Å². The van der Waals surface area contributed by atoms with Crippen LogP contribution in [0.15, 0.2) is 54.6 Å². The Morgan fingerprint density at radius 3 is 2.57 bits per heavy atom. The molecule has 1 aliphatic rings. The van der Waals surface area contributed by atoms with E-state index in [0.717, 1.165) is 11.6 Å². The van der Waals surface area contributed by atoms with Crippen molar-refractivity contribution in [3.63, 3.8) is 0 Å². The zero-order valence-corrected chi connectivity index (χ0v) is 13.2. The molecule has 0 aromatic heterocycles. The summed E-state index contributed by atoms with van der Waals surface area (Å²) < 4.78 is 0. The Bertz CT molecular complexity index is 575. The van der Waals surface area contributed by atoms with Gasteiger partial charge in [0.2, 0.25) is 0 Å². The van der Waals surface area contributed by atoms with Gasteiger partial charge in [-0.15, -0.1) is 0 Å². The van der Waals surface area contributed by atoms with Crippen LogP contribution in [0.25, 0.3) is 0 Å². The second kappa shape index (κ2) is 6.64. The van der Waals surface area contributed by atoms with Gasteiger partial charge in [-0.2, -0.15) is 0 Å². The summed E-state index contributed by atoms with van der Waals surface area (Å²) in [5.41, 5.74) is 2.80. The van der Waals surface area contributed by atoms with Crippen LogP contribution < -0.4 is 5.32 Å². The van der Waals surface area contributed by atoms with E-state index in [-0.39, 0.29) is 0 Å².